The van der Waals surface area contributed by atoms with E-state index in [0.717, 1.165) is 25.4 Å². The minimum Gasteiger partial charge on any atom is -0.379 e. The van der Waals surface area contributed by atoms with E-state index in [-0.39, 0.29) is 10.8 Å². The molecule has 0 spiro atoms. The van der Waals surface area contributed by atoms with Gasteiger partial charge in [-0.1, -0.05) is 39.0 Å². The second kappa shape index (κ2) is 4.90. The molecule has 0 aromatic heterocycles. The normalized spacial score (nSPS) is 18.5. The van der Waals surface area contributed by atoms with Crippen LogP contribution in [0.1, 0.15) is 43.9 Å². The minimum atomic E-state index is 0.204. The van der Waals surface area contributed by atoms with Gasteiger partial charge in [0.25, 0.3) is 0 Å². The molecule has 1 aromatic rings. The SMILES string of the molecule is Cc1ccc(C(C)(C)C)cc1C1(CCS)COC1. The second-order valence-corrected chi connectivity index (χ2v) is 6.97. The number of rotatable bonds is 3. The summed E-state index contributed by atoms with van der Waals surface area (Å²) >= 11 is 4.41. The lowest BCUT2D eigenvalue weighted by atomic mass is 9.72. The molecule has 18 heavy (non-hydrogen) atoms. The van der Waals surface area contributed by atoms with Crippen LogP contribution < -0.4 is 0 Å². The third-order valence-electron chi connectivity index (χ3n) is 4.02. The van der Waals surface area contributed by atoms with Gasteiger partial charge in [0.05, 0.1) is 13.2 Å². The quantitative estimate of drug-likeness (QED) is 0.815. The molecule has 1 aliphatic rings. The van der Waals surface area contributed by atoms with Crippen molar-refractivity contribution in [2.45, 2.75) is 44.9 Å². The van der Waals surface area contributed by atoms with Crippen LogP contribution in [0.2, 0.25) is 0 Å². The lowest BCUT2D eigenvalue weighted by molar-refractivity contribution is -0.0617. The highest BCUT2D eigenvalue weighted by Gasteiger charge is 2.40. The summed E-state index contributed by atoms with van der Waals surface area (Å²) in [5, 5.41) is 0. The molecule has 0 saturated carbocycles. The monoisotopic (exact) mass is 264 g/mol. The summed E-state index contributed by atoms with van der Waals surface area (Å²) in [5.41, 5.74) is 4.68. The molecular weight excluding hydrogens is 240 g/mol. The van der Waals surface area contributed by atoms with E-state index in [1.165, 1.54) is 16.7 Å². The number of hydrogen-bond acceptors (Lipinski definition) is 2. The zero-order valence-corrected chi connectivity index (χ0v) is 12.8. The first-order chi connectivity index (χ1) is 8.39. The highest BCUT2D eigenvalue weighted by molar-refractivity contribution is 7.80. The number of ether oxygens (including phenoxy) is 1. The van der Waals surface area contributed by atoms with Crippen molar-refractivity contribution in [3.8, 4) is 0 Å². The van der Waals surface area contributed by atoms with Crippen LogP contribution in [-0.4, -0.2) is 19.0 Å². The van der Waals surface area contributed by atoms with E-state index < -0.39 is 0 Å². The van der Waals surface area contributed by atoms with Gasteiger partial charge in [0, 0.05) is 5.41 Å². The molecular formula is C16H24OS. The van der Waals surface area contributed by atoms with E-state index in [2.05, 4.69) is 58.5 Å². The Morgan fingerprint density at radius 3 is 2.39 bits per heavy atom. The van der Waals surface area contributed by atoms with Gasteiger partial charge in [0.2, 0.25) is 0 Å². The highest BCUT2D eigenvalue weighted by Crippen LogP contribution is 2.39. The second-order valence-electron chi connectivity index (χ2n) is 6.53. The Labute approximate surface area is 116 Å². The number of hydrogen-bond donors (Lipinski definition) is 1. The Morgan fingerprint density at radius 1 is 1.28 bits per heavy atom. The fourth-order valence-electron chi connectivity index (χ4n) is 2.66. The molecule has 1 aliphatic heterocycles. The number of aryl methyl sites for hydroxylation is 1. The summed E-state index contributed by atoms with van der Waals surface area (Å²) in [6.07, 6.45) is 1.10. The molecule has 0 unspecified atom stereocenters. The van der Waals surface area contributed by atoms with Crippen molar-refractivity contribution in [1.82, 2.24) is 0 Å². The number of thiol groups is 1. The van der Waals surface area contributed by atoms with E-state index in [1.807, 2.05) is 0 Å². The topological polar surface area (TPSA) is 9.23 Å². The molecule has 2 rings (SSSR count). The molecule has 0 aliphatic carbocycles. The standard InChI is InChI=1S/C16H24OS/c1-12-5-6-13(15(2,3)4)9-14(12)16(7-8-18)10-17-11-16/h5-6,9,18H,7-8,10-11H2,1-4H3. The van der Waals surface area contributed by atoms with Gasteiger partial charge in [0.1, 0.15) is 0 Å². The molecule has 2 heteroatoms. The maximum Gasteiger partial charge on any atom is 0.0586 e. The van der Waals surface area contributed by atoms with Crippen LogP contribution >= 0.6 is 12.6 Å². The zero-order valence-electron chi connectivity index (χ0n) is 11.9. The van der Waals surface area contributed by atoms with Crippen molar-refractivity contribution in [1.29, 1.82) is 0 Å². The first kappa shape index (κ1) is 14.0. The first-order valence-electron chi connectivity index (χ1n) is 6.69. The average molecular weight is 264 g/mol. The molecule has 100 valence electrons. The van der Waals surface area contributed by atoms with Crippen molar-refractivity contribution < 1.29 is 4.74 Å². The van der Waals surface area contributed by atoms with Gasteiger partial charge in [-0.05, 0) is 41.2 Å². The zero-order chi connectivity index (χ0) is 13.4. The summed E-state index contributed by atoms with van der Waals surface area (Å²) in [6, 6.07) is 6.91. The van der Waals surface area contributed by atoms with Crippen molar-refractivity contribution in [2.75, 3.05) is 19.0 Å². The Hall–Kier alpha value is -0.470. The predicted molar refractivity (Wildman–Crippen MR) is 80.8 cm³/mol. The lowest BCUT2D eigenvalue weighted by Gasteiger charge is -2.43. The van der Waals surface area contributed by atoms with E-state index in [1.54, 1.807) is 0 Å². The van der Waals surface area contributed by atoms with E-state index in [4.69, 9.17) is 4.74 Å². The third kappa shape index (κ3) is 2.46. The van der Waals surface area contributed by atoms with Crippen LogP contribution in [0.4, 0.5) is 0 Å². The predicted octanol–water partition coefficient (Wildman–Crippen LogP) is 3.88. The largest absolute Gasteiger partial charge is 0.379 e. The van der Waals surface area contributed by atoms with Gasteiger partial charge in [-0.2, -0.15) is 12.6 Å². The molecule has 1 saturated heterocycles. The third-order valence-corrected chi connectivity index (χ3v) is 4.25. The fraction of sp³-hybridized carbons (Fsp3) is 0.625. The van der Waals surface area contributed by atoms with Crippen LogP contribution in [0, 0.1) is 6.92 Å². The van der Waals surface area contributed by atoms with Crippen molar-refractivity contribution >= 4 is 12.6 Å². The molecule has 1 heterocycles. The van der Waals surface area contributed by atoms with Gasteiger partial charge >= 0.3 is 0 Å². The highest BCUT2D eigenvalue weighted by atomic mass is 32.1. The van der Waals surface area contributed by atoms with Gasteiger partial charge < -0.3 is 4.74 Å². The van der Waals surface area contributed by atoms with Crippen LogP contribution in [0.3, 0.4) is 0 Å². The molecule has 1 nitrogen and oxygen atoms in total. The van der Waals surface area contributed by atoms with E-state index >= 15 is 0 Å². The van der Waals surface area contributed by atoms with Crippen molar-refractivity contribution in [2.24, 2.45) is 0 Å². The fourth-order valence-corrected chi connectivity index (χ4v) is 3.08. The maximum atomic E-state index is 5.49. The molecule has 0 N–H and O–H groups in total. The Bertz CT molecular complexity index is 427. The van der Waals surface area contributed by atoms with Gasteiger partial charge in [-0.3, -0.25) is 0 Å². The van der Waals surface area contributed by atoms with Crippen LogP contribution in [0.15, 0.2) is 18.2 Å². The Balaban J connectivity index is 2.43. The molecule has 0 atom stereocenters. The molecule has 1 aromatic carbocycles. The average Bonchev–Trinajstić information content (AvgIpc) is 2.23. The summed E-state index contributed by atoms with van der Waals surface area (Å²) < 4.78 is 5.49. The Kier molecular flexibility index (Phi) is 3.80. The Morgan fingerprint density at radius 2 is 1.94 bits per heavy atom. The summed E-state index contributed by atoms with van der Waals surface area (Å²) in [7, 11) is 0. The van der Waals surface area contributed by atoms with Crippen LogP contribution in [0.5, 0.6) is 0 Å². The van der Waals surface area contributed by atoms with E-state index in [0.29, 0.717) is 0 Å². The summed E-state index contributed by atoms with van der Waals surface area (Å²) in [5.74, 6) is 0.919. The lowest BCUT2D eigenvalue weighted by Crippen LogP contribution is -2.47. The van der Waals surface area contributed by atoms with E-state index in [9.17, 15) is 0 Å². The smallest absolute Gasteiger partial charge is 0.0586 e. The molecule has 0 radical (unpaired) electrons. The summed E-state index contributed by atoms with van der Waals surface area (Å²) in [6.45, 7) is 10.7. The van der Waals surface area contributed by atoms with Crippen molar-refractivity contribution in [3.05, 3.63) is 34.9 Å². The van der Waals surface area contributed by atoms with Gasteiger partial charge in [-0.25, -0.2) is 0 Å². The molecule has 1 fully saturated rings. The van der Waals surface area contributed by atoms with Crippen LogP contribution in [-0.2, 0) is 15.6 Å². The summed E-state index contributed by atoms with van der Waals surface area (Å²) in [4.78, 5) is 0. The van der Waals surface area contributed by atoms with Crippen LogP contribution in [0.25, 0.3) is 0 Å². The number of benzene rings is 1. The first-order valence-corrected chi connectivity index (χ1v) is 7.32. The molecule has 0 amide bonds. The van der Waals surface area contributed by atoms with Gasteiger partial charge in [0.15, 0.2) is 0 Å². The minimum absolute atomic E-state index is 0.204. The maximum absolute atomic E-state index is 5.49. The van der Waals surface area contributed by atoms with Crippen molar-refractivity contribution in [3.63, 3.8) is 0 Å². The molecule has 0 bridgehead atoms. The van der Waals surface area contributed by atoms with Gasteiger partial charge in [-0.15, -0.1) is 0 Å².